The number of amides is 1. The van der Waals surface area contributed by atoms with Gasteiger partial charge in [-0.05, 0) is 48.7 Å². The Kier molecular flexibility index (Phi) is 6.40. The van der Waals surface area contributed by atoms with Crippen LogP contribution in [0.4, 0.5) is 0 Å². The number of benzene rings is 2. The Bertz CT molecular complexity index is 1220. The molecular weight excluding hydrogens is 402 g/mol. The number of halogens is 1. The predicted octanol–water partition coefficient (Wildman–Crippen LogP) is 3.39. The van der Waals surface area contributed by atoms with Crippen LogP contribution in [-0.2, 0) is 6.42 Å². The van der Waals surface area contributed by atoms with E-state index in [0.29, 0.717) is 16.3 Å². The van der Waals surface area contributed by atoms with Gasteiger partial charge < -0.3 is 0 Å². The van der Waals surface area contributed by atoms with Gasteiger partial charge in [-0.15, -0.1) is 0 Å². The van der Waals surface area contributed by atoms with Gasteiger partial charge in [-0.2, -0.15) is 20.1 Å². The Morgan fingerprint density at radius 3 is 2.67 bits per heavy atom. The third kappa shape index (κ3) is 4.45. The maximum atomic E-state index is 12.7. The number of carbonyl (C=O) groups excluding carboxylic acids is 1. The van der Waals surface area contributed by atoms with Crippen molar-refractivity contribution in [1.82, 2.24) is 15.2 Å². The highest BCUT2D eigenvalue weighted by atomic mass is 35.5. The van der Waals surface area contributed by atoms with E-state index in [1.165, 1.54) is 13.1 Å². The number of hydrogen-bond donors (Lipinski definition) is 1. The summed E-state index contributed by atoms with van der Waals surface area (Å²) in [6, 6.07) is 16.0. The van der Waals surface area contributed by atoms with E-state index in [1.807, 2.05) is 25.1 Å². The summed E-state index contributed by atoms with van der Waals surface area (Å²) in [4.78, 5) is 25.3. The predicted molar refractivity (Wildman–Crippen MR) is 115 cm³/mol. The highest BCUT2D eigenvalue weighted by molar-refractivity contribution is 6.30. The van der Waals surface area contributed by atoms with Crippen molar-refractivity contribution >= 4 is 23.7 Å². The van der Waals surface area contributed by atoms with Gasteiger partial charge in [-0.3, -0.25) is 9.59 Å². The molecule has 1 N–H and O–H groups in total. The fourth-order valence-electron chi connectivity index (χ4n) is 2.81. The average molecular weight is 420 g/mol. The molecule has 7 nitrogen and oxygen atoms in total. The topological polar surface area (TPSA) is 100 Å². The summed E-state index contributed by atoms with van der Waals surface area (Å²) in [6.07, 6.45) is 2.28. The lowest BCUT2D eigenvalue weighted by molar-refractivity contribution is 0.0947. The smallest absolute Gasteiger partial charge is 0.266 e. The fourth-order valence-corrected chi connectivity index (χ4v) is 3.00. The molecule has 1 aromatic heterocycles. The first-order valence-corrected chi connectivity index (χ1v) is 9.54. The lowest BCUT2D eigenvalue weighted by Crippen LogP contribution is -2.31. The Balaban J connectivity index is 1.96. The zero-order valence-corrected chi connectivity index (χ0v) is 17.1. The second-order valence-electron chi connectivity index (χ2n) is 6.45. The molecule has 0 aliphatic heterocycles. The standard InChI is InChI=1S/C22H18ClN5O2/c1-3-15-7-9-18(10-8-15)28-22(30)19(12-24)14(2)20(27-28)21(29)26-25-13-16-5-4-6-17(23)11-16/h4-11,13H,3H2,1-2H3,(H,26,29)/b25-13+. The summed E-state index contributed by atoms with van der Waals surface area (Å²) in [5, 5.41) is 18.1. The van der Waals surface area contributed by atoms with Crippen LogP contribution in [-0.4, -0.2) is 21.9 Å². The van der Waals surface area contributed by atoms with Gasteiger partial charge in [0.1, 0.15) is 11.6 Å². The molecule has 0 aliphatic carbocycles. The molecule has 0 atom stereocenters. The summed E-state index contributed by atoms with van der Waals surface area (Å²) < 4.78 is 1.06. The molecule has 3 aromatic rings. The van der Waals surface area contributed by atoms with Crippen LogP contribution >= 0.6 is 11.6 Å². The molecule has 0 fully saturated rings. The van der Waals surface area contributed by atoms with Crippen molar-refractivity contribution in [2.75, 3.05) is 0 Å². The van der Waals surface area contributed by atoms with Crippen molar-refractivity contribution in [3.8, 4) is 11.8 Å². The quantitative estimate of drug-likeness (QED) is 0.506. The Hall–Kier alpha value is -3.76. The normalized spacial score (nSPS) is 10.7. The van der Waals surface area contributed by atoms with Crippen LogP contribution in [0, 0.1) is 18.3 Å². The van der Waals surface area contributed by atoms with Gasteiger partial charge in [0, 0.05) is 10.6 Å². The van der Waals surface area contributed by atoms with Crippen LogP contribution in [0.25, 0.3) is 5.69 Å². The van der Waals surface area contributed by atoms with E-state index in [0.717, 1.165) is 16.7 Å². The largest absolute Gasteiger partial charge is 0.292 e. The molecule has 0 radical (unpaired) electrons. The Morgan fingerprint density at radius 1 is 1.30 bits per heavy atom. The number of nitrogens with one attached hydrogen (secondary N) is 1. The highest BCUT2D eigenvalue weighted by Gasteiger charge is 2.20. The molecule has 0 aliphatic rings. The second-order valence-corrected chi connectivity index (χ2v) is 6.89. The molecular formula is C22H18ClN5O2. The van der Waals surface area contributed by atoms with Crippen molar-refractivity contribution in [2.45, 2.75) is 20.3 Å². The third-order valence-corrected chi connectivity index (χ3v) is 4.72. The number of nitrogens with zero attached hydrogens (tertiary/aromatic N) is 4. The summed E-state index contributed by atoms with van der Waals surface area (Å²) in [5.74, 6) is -0.638. The third-order valence-electron chi connectivity index (χ3n) is 4.48. The first-order valence-electron chi connectivity index (χ1n) is 9.17. The maximum absolute atomic E-state index is 12.7. The fraction of sp³-hybridized carbons (Fsp3) is 0.136. The van der Waals surface area contributed by atoms with Crippen LogP contribution in [0.1, 0.15) is 39.7 Å². The van der Waals surface area contributed by atoms with E-state index < -0.39 is 11.5 Å². The SMILES string of the molecule is CCc1ccc(-n2nc(C(=O)N/N=C/c3cccc(Cl)c3)c(C)c(C#N)c2=O)cc1. The van der Waals surface area contributed by atoms with Gasteiger partial charge in [0.2, 0.25) is 0 Å². The van der Waals surface area contributed by atoms with E-state index in [9.17, 15) is 14.9 Å². The number of aromatic nitrogens is 2. The summed E-state index contributed by atoms with van der Waals surface area (Å²) in [5.41, 5.74) is 4.03. The molecule has 2 aromatic carbocycles. The van der Waals surface area contributed by atoms with Crippen LogP contribution in [0.2, 0.25) is 5.02 Å². The van der Waals surface area contributed by atoms with Gasteiger partial charge in [-0.25, -0.2) is 5.43 Å². The molecule has 8 heteroatoms. The molecule has 1 amide bonds. The lowest BCUT2D eigenvalue weighted by Gasteiger charge is -2.11. The van der Waals surface area contributed by atoms with Crippen LogP contribution in [0.5, 0.6) is 0 Å². The molecule has 0 unspecified atom stereocenters. The molecule has 0 spiro atoms. The van der Waals surface area contributed by atoms with Gasteiger partial charge in [0.05, 0.1) is 11.9 Å². The molecule has 1 heterocycles. The van der Waals surface area contributed by atoms with Crippen LogP contribution in [0.3, 0.4) is 0 Å². The Labute approximate surface area is 178 Å². The van der Waals surface area contributed by atoms with Crippen LogP contribution in [0.15, 0.2) is 58.4 Å². The average Bonchev–Trinajstić information content (AvgIpc) is 2.74. The van der Waals surface area contributed by atoms with Crippen molar-refractivity contribution in [3.63, 3.8) is 0 Å². The van der Waals surface area contributed by atoms with Crippen molar-refractivity contribution in [3.05, 3.63) is 91.9 Å². The molecule has 3 rings (SSSR count). The zero-order chi connectivity index (χ0) is 21.7. The minimum absolute atomic E-state index is 0.0611. The molecule has 30 heavy (non-hydrogen) atoms. The minimum Gasteiger partial charge on any atom is -0.266 e. The number of nitriles is 1. The van der Waals surface area contributed by atoms with Gasteiger partial charge in [0.15, 0.2) is 5.69 Å². The number of carbonyl (C=O) groups is 1. The molecule has 150 valence electrons. The van der Waals surface area contributed by atoms with Crippen LogP contribution < -0.4 is 11.0 Å². The monoisotopic (exact) mass is 419 g/mol. The number of hydrogen-bond acceptors (Lipinski definition) is 5. The number of rotatable bonds is 5. The first-order chi connectivity index (χ1) is 14.4. The molecule has 0 bridgehead atoms. The van der Waals surface area contributed by atoms with Gasteiger partial charge in [0.25, 0.3) is 11.5 Å². The Morgan fingerprint density at radius 2 is 2.03 bits per heavy atom. The van der Waals surface area contributed by atoms with Gasteiger partial charge in [-0.1, -0.05) is 42.8 Å². The van der Waals surface area contributed by atoms with Crippen molar-refractivity contribution in [2.24, 2.45) is 5.10 Å². The van der Waals surface area contributed by atoms with E-state index in [4.69, 9.17) is 11.6 Å². The zero-order valence-electron chi connectivity index (χ0n) is 16.4. The maximum Gasteiger partial charge on any atom is 0.292 e. The number of hydrazone groups is 1. The van der Waals surface area contributed by atoms with Gasteiger partial charge >= 0.3 is 0 Å². The summed E-state index contributed by atoms with van der Waals surface area (Å²) in [6.45, 7) is 3.53. The second kappa shape index (κ2) is 9.16. The van der Waals surface area contributed by atoms with E-state index in [2.05, 4.69) is 15.6 Å². The van der Waals surface area contributed by atoms with E-state index in [1.54, 1.807) is 36.4 Å². The molecule has 0 saturated carbocycles. The van der Waals surface area contributed by atoms with Crippen molar-refractivity contribution in [1.29, 1.82) is 5.26 Å². The van der Waals surface area contributed by atoms with E-state index in [-0.39, 0.29) is 16.8 Å². The van der Waals surface area contributed by atoms with Crippen molar-refractivity contribution < 1.29 is 4.79 Å². The summed E-state index contributed by atoms with van der Waals surface area (Å²) in [7, 11) is 0. The molecule has 0 saturated heterocycles. The lowest BCUT2D eigenvalue weighted by atomic mass is 10.1. The first kappa shape index (κ1) is 21.0. The number of aryl methyl sites for hydroxylation is 1. The minimum atomic E-state index is -0.638. The van der Waals surface area contributed by atoms with E-state index >= 15 is 0 Å². The summed E-state index contributed by atoms with van der Waals surface area (Å²) >= 11 is 5.92. The highest BCUT2D eigenvalue weighted by Crippen LogP contribution is 2.12.